The molecule has 1 aliphatic carbocycles. The summed E-state index contributed by atoms with van der Waals surface area (Å²) < 4.78 is 0. The molecule has 0 N–H and O–H groups in total. The van der Waals surface area contributed by atoms with E-state index >= 15 is 0 Å². The molecule has 1 unspecified atom stereocenters. The SMILES string of the molecule is PC1C=C1. The van der Waals surface area contributed by atoms with Gasteiger partial charge in [-0.15, -0.1) is 9.24 Å². The van der Waals surface area contributed by atoms with Gasteiger partial charge in [0.2, 0.25) is 0 Å². The summed E-state index contributed by atoms with van der Waals surface area (Å²) in [6.07, 6.45) is 4.26. The largest absolute Gasteiger partial charge is 0.126 e. The van der Waals surface area contributed by atoms with Crippen molar-refractivity contribution in [3.8, 4) is 0 Å². The Morgan fingerprint density at radius 3 is 1.75 bits per heavy atom. The summed E-state index contributed by atoms with van der Waals surface area (Å²) in [5.41, 5.74) is 0.750. The van der Waals surface area contributed by atoms with Gasteiger partial charge in [0.1, 0.15) is 0 Å². The van der Waals surface area contributed by atoms with Gasteiger partial charge in [-0.05, 0) is 0 Å². The molecule has 1 atom stereocenters. The maximum Gasteiger partial charge on any atom is 0.00932 e. The lowest BCUT2D eigenvalue weighted by Gasteiger charge is -1.58. The van der Waals surface area contributed by atoms with Crippen molar-refractivity contribution in [2.45, 2.75) is 5.66 Å². The molecule has 0 aliphatic heterocycles. The van der Waals surface area contributed by atoms with Crippen molar-refractivity contribution in [2.75, 3.05) is 0 Å². The Bertz CT molecular complexity index is 41.2. The average Bonchev–Trinajstić information content (AvgIpc) is 1.75. The smallest absolute Gasteiger partial charge is 0.00932 e. The first-order valence-electron chi connectivity index (χ1n) is 1.33. The molecule has 4 heavy (non-hydrogen) atoms. The van der Waals surface area contributed by atoms with Gasteiger partial charge in [0, 0.05) is 5.66 Å². The molecule has 0 saturated heterocycles. The fraction of sp³-hybridized carbons (Fsp3) is 0.333. The van der Waals surface area contributed by atoms with E-state index in [2.05, 4.69) is 21.4 Å². The minimum atomic E-state index is 0.750. The monoisotopic (exact) mass is 72.0 g/mol. The lowest BCUT2D eigenvalue weighted by molar-refractivity contribution is 1.73. The third-order valence-corrected chi connectivity index (χ3v) is 0.859. The van der Waals surface area contributed by atoms with Crippen LogP contribution in [0.4, 0.5) is 0 Å². The predicted octanol–water partition coefficient (Wildman–Crippen LogP) is 0.800. The summed E-state index contributed by atoms with van der Waals surface area (Å²) in [7, 11) is 2.66. The fourth-order valence-corrected chi connectivity index (χ4v) is 0.192. The van der Waals surface area contributed by atoms with Gasteiger partial charge in [-0.25, -0.2) is 0 Å². The highest BCUT2D eigenvalue weighted by atomic mass is 31.0. The summed E-state index contributed by atoms with van der Waals surface area (Å²) in [6.45, 7) is 0. The Hall–Kier alpha value is 0.170. The topological polar surface area (TPSA) is 0 Å². The van der Waals surface area contributed by atoms with Crippen molar-refractivity contribution in [3.05, 3.63) is 12.2 Å². The first-order valence-corrected chi connectivity index (χ1v) is 2.00. The van der Waals surface area contributed by atoms with Crippen LogP contribution >= 0.6 is 9.24 Å². The maximum atomic E-state index is 2.66. The van der Waals surface area contributed by atoms with E-state index in [1.807, 2.05) is 0 Å². The lowest BCUT2D eigenvalue weighted by atomic mass is 10.9. The predicted molar refractivity (Wildman–Crippen MR) is 22.6 cm³/mol. The van der Waals surface area contributed by atoms with Crippen LogP contribution in [-0.2, 0) is 0 Å². The van der Waals surface area contributed by atoms with Gasteiger partial charge in [0.05, 0.1) is 0 Å². The minimum absolute atomic E-state index is 0.750. The molecule has 0 bridgehead atoms. The van der Waals surface area contributed by atoms with Crippen LogP contribution in [0.5, 0.6) is 0 Å². The zero-order valence-corrected chi connectivity index (χ0v) is 3.46. The number of hydrogen-bond donors (Lipinski definition) is 0. The van der Waals surface area contributed by atoms with Crippen LogP contribution in [-0.4, -0.2) is 5.66 Å². The molecule has 1 heteroatoms. The summed E-state index contributed by atoms with van der Waals surface area (Å²) in [5, 5.41) is 0. The van der Waals surface area contributed by atoms with Gasteiger partial charge < -0.3 is 0 Å². The molecule has 0 aromatic heterocycles. The van der Waals surface area contributed by atoms with E-state index in [1.165, 1.54) is 0 Å². The number of hydrogen-bond acceptors (Lipinski definition) is 0. The Labute approximate surface area is 28.1 Å². The van der Waals surface area contributed by atoms with Crippen molar-refractivity contribution < 1.29 is 0 Å². The molecule has 0 aromatic rings. The van der Waals surface area contributed by atoms with Crippen LogP contribution in [0.3, 0.4) is 0 Å². The molecule has 0 nitrogen and oxygen atoms in total. The molecule has 1 rings (SSSR count). The highest BCUT2D eigenvalue weighted by molar-refractivity contribution is 7.18. The molecule has 0 fully saturated rings. The second-order valence-electron chi connectivity index (χ2n) is 0.962. The summed E-state index contributed by atoms with van der Waals surface area (Å²) >= 11 is 0. The van der Waals surface area contributed by atoms with Crippen molar-refractivity contribution >= 4 is 9.24 Å². The van der Waals surface area contributed by atoms with Gasteiger partial charge in [-0.1, -0.05) is 12.2 Å². The molecule has 0 aromatic carbocycles. The molecule has 1 aliphatic rings. The summed E-state index contributed by atoms with van der Waals surface area (Å²) in [6, 6.07) is 0. The Morgan fingerprint density at radius 2 is 1.75 bits per heavy atom. The molecule has 0 saturated carbocycles. The molecular formula is C3H5P. The van der Waals surface area contributed by atoms with Gasteiger partial charge >= 0.3 is 0 Å². The van der Waals surface area contributed by atoms with E-state index in [-0.39, 0.29) is 0 Å². The number of allylic oxidation sites excluding steroid dienone is 2. The van der Waals surface area contributed by atoms with E-state index in [0.717, 1.165) is 5.66 Å². The molecular weight excluding hydrogens is 67.0 g/mol. The van der Waals surface area contributed by atoms with Crippen LogP contribution in [0.2, 0.25) is 0 Å². The molecule has 0 radical (unpaired) electrons. The molecule has 0 amide bonds. The molecule has 0 heterocycles. The van der Waals surface area contributed by atoms with Crippen molar-refractivity contribution in [1.29, 1.82) is 0 Å². The minimum Gasteiger partial charge on any atom is -0.126 e. The Morgan fingerprint density at radius 1 is 1.50 bits per heavy atom. The highest BCUT2D eigenvalue weighted by Gasteiger charge is 1.97. The zero-order valence-electron chi connectivity index (χ0n) is 2.31. The van der Waals surface area contributed by atoms with E-state index in [9.17, 15) is 0 Å². The second-order valence-corrected chi connectivity index (χ2v) is 1.73. The Balaban J connectivity index is 2.32. The summed E-state index contributed by atoms with van der Waals surface area (Å²) in [5.74, 6) is 0. The van der Waals surface area contributed by atoms with Gasteiger partial charge in [-0.2, -0.15) is 0 Å². The van der Waals surface area contributed by atoms with Crippen molar-refractivity contribution in [3.63, 3.8) is 0 Å². The van der Waals surface area contributed by atoms with E-state index in [0.29, 0.717) is 0 Å². The second kappa shape index (κ2) is 0.558. The number of rotatable bonds is 0. The standard InChI is InChI=1S/C3H5P/c4-3-1-2-3/h1-3H,4H2. The third-order valence-electron chi connectivity index (χ3n) is 0.415. The fourth-order valence-electron chi connectivity index (χ4n) is 0.0642. The zero-order chi connectivity index (χ0) is 2.99. The van der Waals surface area contributed by atoms with Crippen LogP contribution in [0.25, 0.3) is 0 Å². The van der Waals surface area contributed by atoms with Crippen LogP contribution in [0.15, 0.2) is 12.2 Å². The van der Waals surface area contributed by atoms with E-state index in [4.69, 9.17) is 0 Å². The summed E-state index contributed by atoms with van der Waals surface area (Å²) in [4.78, 5) is 0. The normalized spacial score (nSPS) is 22.2. The van der Waals surface area contributed by atoms with Gasteiger partial charge in [0.15, 0.2) is 0 Å². The van der Waals surface area contributed by atoms with E-state index in [1.54, 1.807) is 0 Å². The first kappa shape index (κ1) is 2.41. The lowest BCUT2D eigenvalue weighted by Crippen LogP contribution is -1.48. The van der Waals surface area contributed by atoms with Crippen LogP contribution in [0.1, 0.15) is 0 Å². The Kier molecular flexibility index (Phi) is 0.336. The first-order chi connectivity index (χ1) is 1.89. The third kappa shape index (κ3) is 0.296. The van der Waals surface area contributed by atoms with Crippen LogP contribution in [0, 0.1) is 0 Å². The van der Waals surface area contributed by atoms with Gasteiger partial charge in [-0.3, -0.25) is 0 Å². The van der Waals surface area contributed by atoms with Crippen molar-refractivity contribution in [2.24, 2.45) is 0 Å². The highest BCUT2D eigenvalue weighted by Crippen LogP contribution is 2.14. The maximum absolute atomic E-state index is 2.66. The average molecular weight is 72.0 g/mol. The van der Waals surface area contributed by atoms with Gasteiger partial charge in [0.25, 0.3) is 0 Å². The van der Waals surface area contributed by atoms with E-state index < -0.39 is 0 Å². The molecule has 22 valence electrons. The van der Waals surface area contributed by atoms with Crippen molar-refractivity contribution in [1.82, 2.24) is 0 Å². The quantitative estimate of drug-likeness (QED) is 0.293. The molecule has 0 spiro atoms. The van der Waals surface area contributed by atoms with Crippen LogP contribution < -0.4 is 0 Å².